The fourth-order valence-corrected chi connectivity index (χ4v) is 2.49. The number of rotatable bonds is 5. The van der Waals surface area contributed by atoms with Gasteiger partial charge in [-0.25, -0.2) is 4.98 Å². The lowest BCUT2D eigenvalue weighted by Gasteiger charge is -1.99. The van der Waals surface area contributed by atoms with Crippen molar-refractivity contribution in [3.05, 3.63) is 16.6 Å². The molecule has 1 amide bonds. The Bertz CT molecular complexity index is 633. The lowest BCUT2D eigenvalue weighted by molar-refractivity contribution is 0.0954. The Kier molecular flexibility index (Phi) is 3.26. The first-order chi connectivity index (χ1) is 9.61. The van der Waals surface area contributed by atoms with Gasteiger partial charge in [-0.3, -0.25) is 4.79 Å². The molecule has 0 aliphatic heterocycles. The zero-order chi connectivity index (χ0) is 14.1. The predicted octanol–water partition coefficient (Wildman–Crippen LogP) is 0.921. The molecule has 1 fully saturated rings. The Morgan fingerprint density at radius 1 is 1.50 bits per heavy atom. The number of aromatic nitrogens is 3. The molecule has 9 heteroatoms. The first-order valence-corrected chi connectivity index (χ1v) is 7.03. The van der Waals surface area contributed by atoms with Gasteiger partial charge in [0, 0.05) is 13.0 Å². The molecular formula is C11H14N6O2S. The van der Waals surface area contributed by atoms with E-state index in [9.17, 15) is 4.79 Å². The normalized spacial score (nSPS) is 14.2. The van der Waals surface area contributed by atoms with Gasteiger partial charge >= 0.3 is 0 Å². The third-order valence-electron chi connectivity index (χ3n) is 2.74. The monoisotopic (exact) mass is 294 g/mol. The summed E-state index contributed by atoms with van der Waals surface area (Å²) in [6.45, 7) is 1.88. The van der Waals surface area contributed by atoms with Gasteiger partial charge in [0.15, 0.2) is 11.0 Å². The second-order valence-electron chi connectivity index (χ2n) is 4.56. The Balaban J connectivity index is 1.62. The Morgan fingerprint density at radius 3 is 2.95 bits per heavy atom. The zero-order valence-electron chi connectivity index (χ0n) is 10.8. The van der Waals surface area contributed by atoms with E-state index in [1.807, 2.05) is 0 Å². The van der Waals surface area contributed by atoms with E-state index in [0.29, 0.717) is 27.8 Å². The van der Waals surface area contributed by atoms with Gasteiger partial charge in [-0.15, -0.1) is 0 Å². The van der Waals surface area contributed by atoms with Crippen molar-refractivity contribution in [2.45, 2.75) is 32.4 Å². The van der Waals surface area contributed by atoms with Gasteiger partial charge < -0.3 is 20.9 Å². The molecule has 1 aliphatic rings. The largest absolute Gasteiger partial charge is 0.382 e. The van der Waals surface area contributed by atoms with Crippen molar-refractivity contribution >= 4 is 28.2 Å². The summed E-state index contributed by atoms with van der Waals surface area (Å²) < 4.78 is 4.82. The summed E-state index contributed by atoms with van der Waals surface area (Å²) >= 11 is 1.25. The molecule has 3 rings (SSSR count). The minimum atomic E-state index is -0.286. The minimum Gasteiger partial charge on any atom is -0.382 e. The maximum Gasteiger partial charge on any atom is 0.265 e. The quantitative estimate of drug-likeness (QED) is 0.750. The van der Waals surface area contributed by atoms with Gasteiger partial charge in [0.1, 0.15) is 10.7 Å². The van der Waals surface area contributed by atoms with E-state index >= 15 is 0 Å². The number of nitrogens with zero attached hydrogens (tertiary/aromatic N) is 3. The molecule has 2 heterocycles. The van der Waals surface area contributed by atoms with Gasteiger partial charge in [0.2, 0.25) is 5.89 Å². The molecule has 0 aromatic carbocycles. The second kappa shape index (κ2) is 5.08. The number of nitrogens with two attached hydrogens (primary N) is 1. The molecule has 0 spiro atoms. The van der Waals surface area contributed by atoms with Crippen molar-refractivity contribution in [2.24, 2.45) is 0 Å². The highest BCUT2D eigenvalue weighted by molar-refractivity contribution is 7.18. The summed E-state index contributed by atoms with van der Waals surface area (Å²) in [7, 11) is 0. The van der Waals surface area contributed by atoms with Crippen LogP contribution < -0.4 is 16.4 Å². The van der Waals surface area contributed by atoms with E-state index < -0.39 is 0 Å². The SMILES string of the molecule is Cc1nc(CNC(=O)c2sc(NC3CC3)nc2N)no1. The number of hydrogen-bond donors (Lipinski definition) is 3. The van der Waals surface area contributed by atoms with Crippen molar-refractivity contribution in [3.8, 4) is 0 Å². The fourth-order valence-electron chi connectivity index (χ4n) is 1.61. The zero-order valence-corrected chi connectivity index (χ0v) is 11.7. The maximum atomic E-state index is 12.0. The summed E-state index contributed by atoms with van der Waals surface area (Å²) in [6.07, 6.45) is 2.27. The second-order valence-corrected chi connectivity index (χ2v) is 5.56. The number of nitrogens with one attached hydrogen (secondary N) is 2. The Hall–Kier alpha value is -2.16. The lowest BCUT2D eigenvalue weighted by Crippen LogP contribution is -2.23. The molecule has 2 aromatic rings. The van der Waals surface area contributed by atoms with Crippen LogP contribution in [-0.2, 0) is 6.54 Å². The topological polar surface area (TPSA) is 119 Å². The minimum absolute atomic E-state index is 0.193. The van der Waals surface area contributed by atoms with Crippen molar-refractivity contribution in [2.75, 3.05) is 11.1 Å². The third-order valence-corrected chi connectivity index (χ3v) is 3.74. The molecule has 106 valence electrons. The van der Waals surface area contributed by atoms with Gasteiger partial charge in [0.05, 0.1) is 6.54 Å². The summed E-state index contributed by atoms with van der Waals surface area (Å²) in [5.74, 6) is 0.837. The average Bonchev–Trinajstić information content (AvgIpc) is 3.00. The first kappa shape index (κ1) is 12.9. The smallest absolute Gasteiger partial charge is 0.265 e. The number of thiazole rings is 1. The standard InChI is InChI=1S/C11H14N6O2S/c1-5-14-7(17-19-5)4-13-10(18)8-9(12)16-11(20-8)15-6-2-3-6/h6H,2-4,12H2,1H3,(H,13,18)(H,15,16). The van der Waals surface area contributed by atoms with Gasteiger partial charge in [0.25, 0.3) is 5.91 Å². The fraction of sp³-hybridized carbons (Fsp3) is 0.455. The van der Waals surface area contributed by atoms with Crippen molar-refractivity contribution in [1.82, 2.24) is 20.4 Å². The van der Waals surface area contributed by atoms with Crippen molar-refractivity contribution < 1.29 is 9.32 Å². The van der Waals surface area contributed by atoms with Crippen LogP contribution in [0.2, 0.25) is 0 Å². The molecule has 2 aromatic heterocycles. The Morgan fingerprint density at radius 2 is 2.30 bits per heavy atom. The van der Waals surface area contributed by atoms with Crippen LogP contribution in [0.4, 0.5) is 10.9 Å². The van der Waals surface area contributed by atoms with E-state index in [0.717, 1.165) is 12.8 Å². The molecule has 0 radical (unpaired) electrons. The molecule has 0 saturated heterocycles. The average molecular weight is 294 g/mol. The van der Waals surface area contributed by atoms with Crippen LogP contribution >= 0.6 is 11.3 Å². The summed E-state index contributed by atoms with van der Waals surface area (Å²) in [4.78, 5) is 20.6. The van der Waals surface area contributed by atoms with Crippen molar-refractivity contribution in [3.63, 3.8) is 0 Å². The highest BCUT2D eigenvalue weighted by Crippen LogP contribution is 2.30. The number of anilines is 2. The summed E-state index contributed by atoms with van der Waals surface area (Å²) in [5.41, 5.74) is 5.76. The number of aryl methyl sites for hydroxylation is 1. The summed E-state index contributed by atoms with van der Waals surface area (Å²) in [6, 6.07) is 0.471. The van der Waals surface area contributed by atoms with Crippen LogP contribution in [0.25, 0.3) is 0 Å². The molecular weight excluding hydrogens is 280 g/mol. The number of amides is 1. The molecule has 1 aliphatic carbocycles. The van der Waals surface area contributed by atoms with E-state index in [4.69, 9.17) is 10.3 Å². The molecule has 4 N–H and O–H groups in total. The van der Waals surface area contributed by atoms with Crippen molar-refractivity contribution in [1.29, 1.82) is 0 Å². The summed E-state index contributed by atoms with van der Waals surface area (Å²) in [5, 5.41) is 10.3. The van der Waals surface area contributed by atoms with E-state index in [1.165, 1.54) is 11.3 Å². The van der Waals surface area contributed by atoms with Crippen LogP contribution in [0, 0.1) is 6.92 Å². The van der Waals surface area contributed by atoms with Gasteiger partial charge in [-0.05, 0) is 12.8 Å². The molecule has 20 heavy (non-hydrogen) atoms. The van der Waals surface area contributed by atoms with Gasteiger partial charge in [-0.1, -0.05) is 16.5 Å². The predicted molar refractivity (Wildman–Crippen MR) is 73.4 cm³/mol. The van der Waals surface area contributed by atoms with E-state index in [2.05, 4.69) is 25.8 Å². The molecule has 0 atom stereocenters. The van der Waals surface area contributed by atoms with Crippen LogP contribution in [0.3, 0.4) is 0 Å². The van der Waals surface area contributed by atoms with E-state index in [-0.39, 0.29) is 18.3 Å². The number of carbonyl (C=O) groups excluding carboxylic acids is 1. The molecule has 8 nitrogen and oxygen atoms in total. The highest BCUT2D eigenvalue weighted by atomic mass is 32.1. The van der Waals surface area contributed by atoms with E-state index in [1.54, 1.807) is 6.92 Å². The Labute approximate surface area is 118 Å². The maximum absolute atomic E-state index is 12.0. The highest BCUT2D eigenvalue weighted by Gasteiger charge is 2.24. The van der Waals surface area contributed by atoms with Crippen LogP contribution in [0.1, 0.15) is 34.2 Å². The van der Waals surface area contributed by atoms with Crippen LogP contribution in [0.15, 0.2) is 4.52 Å². The number of nitrogen functional groups attached to an aromatic ring is 1. The molecule has 0 unspecified atom stereocenters. The van der Waals surface area contributed by atoms with Crippen LogP contribution in [-0.4, -0.2) is 27.1 Å². The van der Waals surface area contributed by atoms with Crippen LogP contribution in [0.5, 0.6) is 0 Å². The third kappa shape index (κ3) is 2.87. The first-order valence-electron chi connectivity index (χ1n) is 6.22. The molecule has 1 saturated carbocycles. The number of hydrogen-bond acceptors (Lipinski definition) is 8. The molecule has 0 bridgehead atoms. The number of carbonyl (C=O) groups is 1. The van der Waals surface area contributed by atoms with Gasteiger partial charge in [-0.2, -0.15) is 4.98 Å². The lowest BCUT2D eigenvalue weighted by atomic mass is 10.4.